The highest BCUT2D eigenvalue weighted by Gasteiger charge is 2.35. The van der Waals surface area contributed by atoms with Crippen molar-refractivity contribution in [2.24, 2.45) is 4.99 Å². The average Bonchev–Trinajstić information content (AvgIpc) is 3.12. The minimum absolute atomic E-state index is 0.0261. The Bertz CT molecular complexity index is 1160. The maximum atomic E-state index is 12.7. The number of nitrogens with zero attached hydrogens (tertiary/aromatic N) is 3. The summed E-state index contributed by atoms with van der Waals surface area (Å²) in [6, 6.07) is 10.4. The average molecular weight is 502 g/mol. The molecule has 1 atom stereocenters. The molecular weight excluding hydrogens is 471 g/mol. The van der Waals surface area contributed by atoms with Gasteiger partial charge >= 0.3 is 6.36 Å². The second-order valence-corrected chi connectivity index (χ2v) is 9.14. The summed E-state index contributed by atoms with van der Waals surface area (Å²) in [5.41, 5.74) is 3.96. The minimum Gasteiger partial charge on any atom is -0.486 e. The first-order valence-corrected chi connectivity index (χ1v) is 12.0. The van der Waals surface area contributed by atoms with Crippen LogP contribution in [0.1, 0.15) is 36.5 Å². The molecule has 1 fully saturated rings. The summed E-state index contributed by atoms with van der Waals surface area (Å²) in [4.78, 5) is 20.0. The number of aldehydes is 1. The maximum Gasteiger partial charge on any atom is 0.573 e. The summed E-state index contributed by atoms with van der Waals surface area (Å²) in [6.45, 7) is 11.4. The molecule has 0 saturated carbocycles. The van der Waals surface area contributed by atoms with Gasteiger partial charge in [-0.25, -0.2) is 4.99 Å². The summed E-state index contributed by atoms with van der Waals surface area (Å²) in [5.74, 6) is 1.12. The zero-order valence-electron chi connectivity index (χ0n) is 20.5. The van der Waals surface area contributed by atoms with Crippen LogP contribution in [0.4, 0.5) is 18.9 Å². The van der Waals surface area contributed by atoms with Crippen molar-refractivity contribution < 1.29 is 27.4 Å². The summed E-state index contributed by atoms with van der Waals surface area (Å²) < 4.78 is 47.6. The standard InChI is InChI=1S/C27H30F3N3O3/c1-4-5-21-17-32(16-20-12-18(2)13-23(14-20)35-11-10-34)8-9-33(21)26-19(3)24-15-22(36-27(28,29)30)6-7-25(24)31-26/h6-7,10,12-15,21H,3-5,8-9,11,16-17H2,1-2H3/t21-/m1/s1. The van der Waals surface area contributed by atoms with Crippen molar-refractivity contribution in [3.63, 3.8) is 0 Å². The molecule has 2 heterocycles. The Morgan fingerprint density at radius 3 is 2.69 bits per heavy atom. The zero-order chi connectivity index (χ0) is 25.9. The van der Waals surface area contributed by atoms with Gasteiger partial charge in [-0.15, -0.1) is 13.2 Å². The number of fused-ring (bicyclic) bond motifs is 1. The van der Waals surface area contributed by atoms with Crippen molar-refractivity contribution in [2.45, 2.75) is 45.6 Å². The van der Waals surface area contributed by atoms with E-state index < -0.39 is 6.36 Å². The third-order valence-corrected chi connectivity index (χ3v) is 6.32. The van der Waals surface area contributed by atoms with Gasteiger partial charge in [-0.3, -0.25) is 9.69 Å². The molecule has 2 aromatic carbocycles. The lowest BCUT2D eigenvalue weighted by Gasteiger charge is -2.43. The number of hydrogen-bond acceptors (Lipinski definition) is 6. The highest BCUT2D eigenvalue weighted by atomic mass is 19.4. The Morgan fingerprint density at radius 2 is 1.97 bits per heavy atom. The van der Waals surface area contributed by atoms with E-state index in [1.807, 2.05) is 19.1 Å². The number of carbonyl (C=O) groups excluding carboxylic acids is 1. The predicted octanol–water partition coefficient (Wildman–Crippen LogP) is 5.51. The number of rotatable bonds is 8. The fourth-order valence-electron chi connectivity index (χ4n) is 4.90. The van der Waals surface area contributed by atoms with E-state index in [4.69, 9.17) is 9.73 Å². The first-order valence-electron chi connectivity index (χ1n) is 12.0. The SMILES string of the molecule is C=C1C(N2CCN(Cc3cc(C)cc(OCC=O)c3)C[C@H]2CCC)=Nc2ccc(OC(F)(F)F)cc21. The van der Waals surface area contributed by atoms with E-state index >= 15 is 0 Å². The second-order valence-electron chi connectivity index (χ2n) is 9.14. The van der Waals surface area contributed by atoms with Crippen molar-refractivity contribution in [3.8, 4) is 11.5 Å². The van der Waals surface area contributed by atoms with E-state index in [0.29, 0.717) is 28.4 Å². The topological polar surface area (TPSA) is 54.4 Å². The number of carbonyl (C=O) groups is 1. The van der Waals surface area contributed by atoms with Gasteiger partial charge in [-0.05, 0) is 54.8 Å². The van der Waals surface area contributed by atoms with Crippen LogP contribution >= 0.6 is 0 Å². The van der Waals surface area contributed by atoms with Gasteiger partial charge in [0.15, 0.2) is 6.29 Å². The molecule has 9 heteroatoms. The number of aliphatic imine (C=N–C) groups is 1. The first-order chi connectivity index (χ1) is 17.2. The predicted molar refractivity (Wildman–Crippen MR) is 133 cm³/mol. The monoisotopic (exact) mass is 501 g/mol. The van der Waals surface area contributed by atoms with Crippen LogP contribution in [-0.2, 0) is 11.3 Å². The Balaban J connectivity index is 1.47. The van der Waals surface area contributed by atoms with Crippen molar-refractivity contribution in [1.29, 1.82) is 0 Å². The Morgan fingerprint density at radius 1 is 1.17 bits per heavy atom. The maximum absolute atomic E-state index is 12.7. The van der Waals surface area contributed by atoms with E-state index in [0.717, 1.165) is 56.4 Å². The number of hydrogen-bond donors (Lipinski definition) is 0. The normalized spacial score (nSPS) is 18.1. The minimum atomic E-state index is -4.75. The fraction of sp³-hybridized carbons (Fsp3) is 0.407. The lowest BCUT2D eigenvalue weighted by atomic mass is 10.0. The summed E-state index contributed by atoms with van der Waals surface area (Å²) >= 11 is 0. The smallest absolute Gasteiger partial charge is 0.486 e. The van der Waals surface area contributed by atoms with Crippen LogP contribution in [-0.4, -0.2) is 60.6 Å². The Hall–Kier alpha value is -3.33. The van der Waals surface area contributed by atoms with Gasteiger partial charge < -0.3 is 14.4 Å². The molecule has 0 spiro atoms. The molecule has 0 bridgehead atoms. The molecular formula is C27H30F3N3O3. The van der Waals surface area contributed by atoms with Gasteiger partial charge in [0.2, 0.25) is 0 Å². The summed E-state index contributed by atoms with van der Waals surface area (Å²) in [6.07, 6.45) is -2.08. The van der Waals surface area contributed by atoms with Gasteiger partial charge in [-0.1, -0.05) is 26.0 Å². The van der Waals surface area contributed by atoms with E-state index in [1.54, 1.807) is 6.07 Å². The van der Waals surface area contributed by atoms with Gasteiger partial charge in [0.1, 0.15) is 23.9 Å². The lowest BCUT2D eigenvalue weighted by molar-refractivity contribution is -0.274. The molecule has 0 amide bonds. The lowest BCUT2D eigenvalue weighted by Crippen LogP contribution is -2.54. The van der Waals surface area contributed by atoms with E-state index in [1.165, 1.54) is 12.1 Å². The number of halogens is 3. The molecule has 1 saturated heterocycles. The molecule has 0 N–H and O–H groups in total. The Labute approximate surface area is 209 Å². The highest BCUT2D eigenvalue weighted by molar-refractivity contribution is 6.27. The quantitative estimate of drug-likeness (QED) is 0.446. The first kappa shape index (κ1) is 25.8. The molecule has 2 aliphatic heterocycles. The number of ether oxygens (including phenoxy) is 2. The third kappa shape index (κ3) is 6.07. The van der Waals surface area contributed by atoms with E-state index in [9.17, 15) is 18.0 Å². The van der Waals surface area contributed by atoms with Crippen LogP contribution in [0.3, 0.4) is 0 Å². The van der Waals surface area contributed by atoms with Crippen LogP contribution in [0.25, 0.3) is 5.57 Å². The van der Waals surface area contributed by atoms with Crippen LogP contribution in [0.5, 0.6) is 11.5 Å². The highest BCUT2D eigenvalue weighted by Crippen LogP contribution is 2.39. The molecule has 4 rings (SSSR count). The Kier molecular flexibility index (Phi) is 7.68. The number of amidine groups is 1. The van der Waals surface area contributed by atoms with Gasteiger partial charge in [0, 0.05) is 43.4 Å². The molecule has 0 aliphatic carbocycles. The largest absolute Gasteiger partial charge is 0.573 e. The molecule has 0 unspecified atom stereocenters. The zero-order valence-corrected chi connectivity index (χ0v) is 20.5. The molecule has 2 aromatic rings. The van der Waals surface area contributed by atoms with Crippen LogP contribution in [0.2, 0.25) is 0 Å². The fourth-order valence-corrected chi connectivity index (χ4v) is 4.90. The van der Waals surface area contributed by atoms with Crippen LogP contribution in [0, 0.1) is 6.92 Å². The van der Waals surface area contributed by atoms with Crippen molar-refractivity contribution in [3.05, 3.63) is 59.7 Å². The van der Waals surface area contributed by atoms with E-state index in [2.05, 4.69) is 34.1 Å². The van der Waals surface area contributed by atoms with Gasteiger partial charge in [0.05, 0.1) is 5.69 Å². The van der Waals surface area contributed by atoms with Crippen LogP contribution in [0.15, 0.2) is 48.0 Å². The number of benzene rings is 2. The third-order valence-electron chi connectivity index (χ3n) is 6.32. The number of alkyl halides is 3. The van der Waals surface area contributed by atoms with Crippen LogP contribution < -0.4 is 9.47 Å². The van der Waals surface area contributed by atoms with Crippen molar-refractivity contribution in [2.75, 3.05) is 26.2 Å². The van der Waals surface area contributed by atoms with Crippen molar-refractivity contribution >= 4 is 23.4 Å². The second kappa shape index (κ2) is 10.7. The molecule has 192 valence electrons. The number of piperazine rings is 1. The molecule has 36 heavy (non-hydrogen) atoms. The van der Waals surface area contributed by atoms with Gasteiger partial charge in [-0.2, -0.15) is 0 Å². The summed E-state index contributed by atoms with van der Waals surface area (Å²) in [5, 5.41) is 0. The van der Waals surface area contributed by atoms with Crippen molar-refractivity contribution in [1.82, 2.24) is 9.80 Å². The van der Waals surface area contributed by atoms with E-state index in [-0.39, 0.29) is 18.4 Å². The van der Waals surface area contributed by atoms with Gasteiger partial charge in [0.25, 0.3) is 0 Å². The number of aryl methyl sites for hydroxylation is 1. The molecule has 0 radical (unpaired) electrons. The molecule has 0 aromatic heterocycles. The summed E-state index contributed by atoms with van der Waals surface area (Å²) in [7, 11) is 0. The molecule has 6 nitrogen and oxygen atoms in total. The molecule has 2 aliphatic rings.